The fourth-order valence-corrected chi connectivity index (χ4v) is 5.05. The standard InChI is InChI=1S/C23H22N8O2S/c1-32-20-3-2-14(9-26-20)25-10-15-8-18-21(34-15)23(31-4-6-33-7-5-31)29-22(28-18)17-11-24-13-19-16(17)12-27-30-19/h2-3,8-9,11-13,25H,4-7,10H2,1H3,(H,27,30). The zero-order valence-corrected chi connectivity index (χ0v) is 19.3. The monoisotopic (exact) mass is 474 g/mol. The molecule has 0 amide bonds. The third-order valence-corrected chi connectivity index (χ3v) is 6.85. The molecule has 1 fully saturated rings. The predicted octanol–water partition coefficient (Wildman–Crippen LogP) is 3.48. The van der Waals surface area contributed by atoms with E-state index in [1.807, 2.05) is 12.1 Å². The Hall–Kier alpha value is -3.83. The van der Waals surface area contributed by atoms with Crippen LogP contribution in [0.25, 0.3) is 32.5 Å². The number of hydrogen-bond acceptors (Lipinski definition) is 10. The molecule has 172 valence electrons. The van der Waals surface area contributed by atoms with Gasteiger partial charge in [-0.2, -0.15) is 5.10 Å². The van der Waals surface area contributed by atoms with E-state index in [4.69, 9.17) is 19.4 Å². The van der Waals surface area contributed by atoms with Gasteiger partial charge in [0.15, 0.2) is 11.6 Å². The number of nitrogens with one attached hydrogen (secondary N) is 2. The van der Waals surface area contributed by atoms with Gasteiger partial charge in [-0.3, -0.25) is 10.1 Å². The first-order chi connectivity index (χ1) is 16.8. The lowest BCUT2D eigenvalue weighted by Gasteiger charge is -2.28. The SMILES string of the molecule is COc1ccc(NCc2cc3nc(-c4cncc5[nH]ncc45)nc(N4CCOCC4)c3s2)cn1. The number of fused-ring (bicyclic) bond motifs is 2. The maximum atomic E-state index is 5.58. The highest BCUT2D eigenvalue weighted by Crippen LogP contribution is 2.36. The molecule has 2 N–H and O–H groups in total. The quantitative estimate of drug-likeness (QED) is 0.382. The molecule has 0 unspecified atom stereocenters. The first-order valence-electron chi connectivity index (χ1n) is 10.9. The van der Waals surface area contributed by atoms with Crippen molar-refractivity contribution < 1.29 is 9.47 Å². The van der Waals surface area contributed by atoms with Crippen LogP contribution < -0.4 is 15.0 Å². The minimum atomic E-state index is 0.590. The molecule has 34 heavy (non-hydrogen) atoms. The number of hydrogen-bond donors (Lipinski definition) is 2. The molecule has 11 heteroatoms. The molecule has 0 radical (unpaired) electrons. The Balaban J connectivity index is 1.39. The van der Waals surface area contributed by atoms with Gasteiger partial charge in [-0.05, 0) is 12.1 Å². The van der Waals surface area contributed by atoms with E-state index in [2.05, 4.69) is 36.4 Å². The molecule has 0 atom stereocenters. The van der Waals surface area contributed by atoms with E-state index in [1.165, 1.54) is 0 Å². The van der Waals surface area contributed by atoms with Gasteiger partial charge in [-0.1, -0.05) is 0 Å². The van der Waals surface area contributed by atoms with Gasteiger partial charge in [0.25, 0.3) is 0 Å². The summed E-state index contributed by atoms with van der Waals surface area (Å²) >= 11 is 1.70. The summed E-state index contributed by atoms with van der Waals surface area (Å²) < 4.78 is 11.8. The highest BCUT2D eigenvalue weighted by molar-refractivity contribution is 7.19. The highest BCUT2D eigenvalue weighted by Gasteiger charge is 2.21. The Kier molecular flexibility index (Phi) is 5.40. The number of aromatic amines is 1. The summed E-state index contributed by atoms with van der Waals surface area (Å²) in [5.74, 6) is 2.17. The average molecular weight is 475 g/mol. The molecule has 0 aliphatic carbocycles. The van der Waals surface area contributed by atoms with Crippen LogP contribution in [-0.2, 0) is 11.3 Å². The number of methoxy groups -OCH3 is 1. The molecule has 5 aromatic rings. The molecular formula is C23H22N8O2S. The van der Waals surface area contributed by atoms with Crippen molar-refractivity contribution in [1.82, 2.24) is 30.1 Å². The third-order valence-electron chi connectivity index (χ3n) is 5.73. The van der Waals surface area contributed by atoms with Crippen molar-refractivity contribution >= 4 is 44.0 Å². The van der Waals surface area contributed by atoms with Crippen molar-refractivity contribution in [3.05, 3.63) is 47.9 Å². The second-order valence-corrected chi connectivity index (χ2v) is 9.00. The molecule has 0 aromatic carbocycles. The predicted molar refractivity (Wildman–Crippen MR) is 131 cm³/mol. The van der Waals surface area contributed by atoms with E-state index in [0.29, 0.717) is 31.5 Å². The summed E-state index contributed by atoms with van der Waals surface area (Å²) in [5, 5.41) is 11.5. The Labute approximate surface area is 199 Å². The number of pyridine rings is 2. The first kappa shape index (κ1) is 20.8. The van der Waals surface area contributed by atoms with E-state index >= 15 is 0 Å². The van der Waals surface area contributed by atoms with Gasteiger partial charge in [-0.15, -0.1) is 11.3 Å². The summed E-state index contributed by atoms with van der Waals surface area (Å²) in [7, 11) is 1.61. The number of anilines is 2. The van der Waals surface area contributed by atoms with Gasteiger partial charge in [0, 0.05) is 47.7 Å². The van der Waals surface area contributed by atoms with Gasteiger partial charge in [0.05, 0.1) is 60.3 Å². The summed E-state index contributed by atoms with van der Waals surface area (Å²) in [4.78, 5) is 22.0. The van der Waals surface area contributed by atoms with Crippen LogP contribution in [0.1, 0.15) is 4.88 Å². The van der Waals surface area contributed by atoms with E-state index in [9.17, 15) is 0 Å². The topological polar surface area (TPSA) is 114 Å². The molecule has 1 aliphatic heterocycles. The maximum Gasteiger partial charge on any atom is 0.213 e. The van der Waals surface area contributed by atoms with E-state index in [1.54, 1.807) is 43.2 Å². The number of nitrogens with zero attached hydrogens (tertiary/aromatic N) is 6. The van der Waals surface area contributed by atoms with E-state index < -0.39 is 0 Å². The van der Waals surface area contributed by atoms with Crippen molar-refractivity contribution in [2.75, 3.05) is 43.6 Å². The van der Waals surface area contributed by atoms with Crippen LogP contribution in [0, 0.1) is 0 Å². The van der Waals surface area contributed by atoms with Crippen LogP contribution in [0.3, 0.4) is 0 Å². The minimum Gasteiger partial charge on any atom is -0.481 e. The van der Waals surface area contributed by atoms with Gasteiger partial charge < -0.3 is 19.7 Å². The van der Waals surface area contributed by atoms with Crippen molar-refractivity contribution in [3.8, 4) is 17.3 Å². The van der Waals surface area contributed by atoms with Crippen LogP contribution in [0.15, 0.2) is 43.0 Å². The molecule has 0 spiro atoms. The Bertz CT molecular complexity index is 1440. The highest BCUT2D eigenvalue weighted by atomic mass is 32.1. The number of aromatic nitrogens is 6. The van der Waals surface area contributed by atoms with Gasteiger partial charge >= 0.3 is 0 Å². The smallest absolute Gasteiger partial charge is 0.213 e. The normalized spacial score (nSPS) is 14.1. The Morgan fingerprint density at radius 1 is 1.15 bits per heavy atom. The zero-order chi connectivity index (χ0) is 22.9. The van der Waals surface area contributed by atoms with Gasteiger partial charge in [-0.25, -0.2) is 15.0 Å². The number of rotatable bonds is 6. The minimum absolute atomic E-state index is 0.590. The average Bonchev–Trinajstić information content (AvgIpc) is 3.54. The summed E-state index contributed by atoms with van der Waals surface area (Å²) in [6, 6.07) is 5.92. The second kappa shape index (κ2) is 8.84. The molecule has 0 bridgehead atoms. The summed E-state index contributed by atoms with van der Waals surface area (Å²) in [5.41, 5.74) is 3.56. The molecule has 6 heterocycles. The second-order valence-electron chi connectivity index (χ2n) is 7.86. The first-order valence-corrected chi connectivity index (χ1v) is 11.7. The van der Waals surface area contributed by atoms with Crippen LogP contribution in [-0.4, -0.2) is 63.5 Å². The number of H-pyrrole nitrogens is 1. The Morgan fingerprint density at radius 3 is 2.88 bits per heavy atom. The molecular weight excluding hydrogens is 452 g/mol. The molecule has 1 saturated heterocycles. The lowest BCUT2D eigenvalue weighted by molar-refractivity contribution is 0.122. The van der Waals surface area contributed by atoms with E-state index in [0.717, 1.165) is 56.2 Å². The molecule has 5 aromatic heterocycles. The largest absolute Gasteiger partial charge is 0.481 e. The number of ether oxygens (including phenoxy) is 2. The zero-order valence-electron chi connectivity index (χ0n) is 18.5. The van der Waals surface area contributed by atoms with Crippen molar-refractivity contribution in [1.29, 1.82) is 0 Å². The van der Waals surface area contributed by atoms with Crippen molar-refractivity contribution in [2.24, 2.45) is 0 Å². The van der Waals surface area contributed by atoms with Crippen LogP contribution >= 0.6 is 11.3 Å². The van der Waals surface area contributed by atoms with Gasteiger partial charge in [0.2, 0.25) is 5.88 Å². The molecule has 10 nitrogen and oxygen atoms in total. The fourth-order valence-electron chi connectivity index (χ4n) is 4.00. The van der Waals surface area contributed by atoms with Crippen LogP contribution in [0.5, 0.6) is 5.88 Å². The van der Waals surface area contributed by atoms with Crippen molar-refractivity contribution in [2.45, 2.75) is 6.54 Å². The number of thiophene rings is 1. The lowest BCUT2D eigenvalue weighted by Crippen LogP contribution is -2.36. The van der Waals surface area contributed by atoms with Gasteiger partial charge in [0.1, 0.15) is 0 Å². The summed E-state index contributed by atoms with van der Waals surface area (Å²) in [6.45, 7) is 3.62. The summed E-state index contributed by atoms with van der Waals surface area (Å²) in [6.07, 6.45) is 7.12. The third kappa shape index (κ3) is 3.88. The Morgan fingerprint density at radius 2 is 2.06 bits per heavy atom. The molecule has 6 rings (SSSR count). The van der Waals surface area contributed by atoms with Crippen LogP contribution in [0.4, 0.5) is 11.5 Å². The number of morpholine rings is 1. The molecule has 0 saturated carbocycles. The van der Waals surface area contributed by atoms with Crippen molar-refractivity contribution in [3.63, 3.8) is 0 Å². The van der Waals surface area contributed by atoms with Crippen LogP contribution in [0.2, 0.25) is 0 Å². The van der Waals surface area contributed by atoms with E-state index in [-0.39, 0.29) is 0 Å². The maximum absolute atomic E-state index is 5.58. The fraction of sp³-hybridized carbons (Fsp3) is 0.261. The molecule has 1 aliphatic rings. The lowest BCUT2D eigenvalue weighted by atomic mass is 10.2.